The molecule has 2 aromatic rings. The van der Waals surface area contributed by atoms with Gasteiger partial charge in [0.1, 0.15) is 4.21 Å². The van der Waals surface area contributed by atoms with Gasteiger partial charge in [0, 0.05) is 38.3 Å². The number of hydrogen-bond donors (Lipinski definition) is 0. The van der Waals surface area contributed by atoms with Crippen molar-refractivity contribution in [1.82, 2.24) is 9.21 Å². The summed E-state index contributed by atoms with van der Waals surface area (Å²) in [5.74, 6) is -0.118. The highest BCUT2D eigenvalue weighted by Gasteiger charge is 2.30. The van der Waals surface area contributed by atoms with E-state index in [4.69, 9.17) is 0 Å². The summed E-state index contributed by atoms with van der Waals surface area (Å²) >= 11 is 1.18. The van der Waals surface area contributed by atoms with Crippen LogP contribution in [0.2, 0.25) is 0 Å². The van der Waals surface area contributed by atoms with E-state index in [1.165, 1.54) is 27.8 Å². The maximum atomic E-state index is 12.5. The Kier molecular flexibility index (Phi) is 5.35. The molecule has 138 valence electrons. The van der Waals surface area contributed by atoms with Crippen LogP contribution in [0.5, 0.6) is 0 Å². The molecule has 1 aromatic carbocycles. The first-order valence-electron chi connectivity index (χ1n) is 7.93. The van der Waals surface area contributed by atoms with Crippen molar-refractivity contribution in [1.29, 1.82) is 0 Å². The SMILES string of the molecule is O=C(Cc1ccc([N+](=O)[O-])cc1)N1CCN(S(=O)(=O)c2cccs2)CC1. The number of amides is 1. The molecule has 1 amide bonds. The molecule has 8 nitrogen and oxygen atoms in total. The van der Waals surface area contributed by atoms with Crippen LogP contribution in [0.4, 0.5) is 5.69 Å². The molecular formula is C16H17N3O5S2. The lowest BCUT2D eigenvalue weighted by atomic mass is 10.1. The Morgan fingerprint density at radius 3 is 2.31 bits per heavy atom. The molecule has 2 heterocycles. The first kappa shape index (κ1) is 18.5. The zero-order valence-electron chi connectivity index (χ0n) is 13.8. The van der Waals surface area contributed by atoms with Crippen LogP contribution in [0, 0.1) is 10.1 Å². The van der Waals surface area contributed by atoms with Crippen molar-refractivity contribution in [2.75, 3.05) is 26.2 Å². The van der Waals surface area contributed by atoms with Gasteiger partial charge in [-0.25, -0.2) is 8.42 Å². The van der Waals surface area contributed by atoms with Crippen molar-refractivity contribution < 1.29 is 18.1 Å². The third-order valence-corrected chi connectivity index (χ3v) is 7.45. The number of nitro benzene ring substituents is 1. The van der Waals surface area contributed by atoms with Gasteiger partial charge in [-0.2, -0.15) is 4.31 Å². The lowest BCUT2D eigenvalue weighted by molar-refractivity contribution is -0.384. The molecule has 0 aliphatic carbocycles. The molecular weight excluding hydrogens is 378 g/mol. The molecule has 10 heteroatoms. The highest BCUT2D eigenvalue weighted by atomic mass is 32.2. The van der Waals surface area contributed by atoms with E-state index in [0.717, 1.165) is 0 Å². The molecule has 1 aliphatic rings. The topological polar surface area (TPSA) is 101 Å². The second-order valence-corrected chi connectivity index (χ2v) is 8.93. The summed E-state index contributed by atoms with van der Waals surface area (Å²) in [6.45, 7) is 1.17. The van der Waals surface area contributed by atoms with Gasteiger partial charge in [0.25, 0.3) is 15.7 Å². The largest absolute Gasteiger partial charge is 0.340 e. The molecule has 0 saturated carbocycles. The van der Waals surface area contributed by atoms with Crippen molar-refractivity contribution in [3.8, 4) is 0 Å². The number of carbonyl (C=O) groups excluding carboxylic acids is 1. The fourth-order valence-electron chi connectivity index (χ4n) is 2.74. The number of hydrogen-bond acceptors (Lipinski definition) is 6. The Labute approximate surface area is 154 Å². The third-order valence-electron chi connectivity index (χ3n) is 4.18. The zero-order chi connectivity index (χ0) is 18.7. The number of carbonyl (C=O) groups is 1. The van der Waals surface area contributed by atoms with E-state index in [0.29, 0.717) is 22.9 Å². The third kappa shape index (κ3) is 3.92. The Morgan fingerprint density at radius 2 is 1.77 bits per heavy atom. The molecule has 0 bridgehead atoms. The Balaban J connectivity index is 1.57. The van der Waals surface area contributed by atoms with Crippen LogP contribution in [-0.4, -0.2) is 54.6 Å². The molecule has 0 spiro atoms. The van der Waals surface area contributed by atoms with Gasteiger partial charge in [-0.05, 0) is 17.0 Å². The number of sulfonamides is 1. The van der Waals surface area contributed by atoms with E-state index in [2.05, 4.69) is 0 Å². The van der Waals surface area contributed by atoms with Gasteiger partial charge in [-0.1, -0.05) is 18.2 Å². The number of rotatable bonds is 5. The number of nitrogens with zero attached hydrogens (tertiary/aromatic N) is 3. The van der Waals surface area contributed by atoms with Crippen molar-refractivity contribution in [3.63, 3.8) is 0 Å². The quantitative estimate of drug-likeness (QED) is 0.567. The fraction of sp³-hybridized carbons (Fsp3) is 0.312. The zero-order valence-corrected chi connectivity index (χ0v) is 15.4. The van der Waals surface area contributed by atoms with E-state index in [1.54, 1.807) is 34.5 Å². The Hall–Kier alpha value is -2.30. The highest BCUT2D eigenvalue weighted by molar-refractivity contribution is 7.91. The van der Waals surface area contributed by atoms with Gasteiger partial charge in [0.05, 0.1) is 11.3 Å². The monoisotopic (exact) mass is 395 g/mol. The van der Waals surface area contributed by atoms with Gasteiger partial charge in [-0.15, -0.1) is 11.3 Å². The minimum Gasteiger partial charge on any atom is -0.340 e. The highest BCUT2D eigenvalue weighted by Crippen LogP contribution is 2.22. The number of non-ortho nitro benzene ring substituents is 1. The summed E-state index contributed by atoms with van der Waals surface area (Å²) in [7, 11) is -3.49. The van der Waals surface area contributed by atoms with Gasteiger partial charge < -0.3 is 4.90 Å². The predicted octanol–water partition coefficient (Wildman–Crippen LogP) is 1.73. The molecule has 0 radical (unpaired) electrons. The van der Waals surface area contributed by atoms with E-state index >= 15 is 0 Å². The van der Waals surface area contributed by atoms with Crippen LogP contribution in [0.15, 0.2) is 46.0 Å². The predicted molar refractivity (Wildman–Crippen MR) is 96.5 cm³/mol. The summed E-state index contributed by atoms with van der Waals surface area (Å²) in [5.41, 5.74) is 0.669. The van der Waals surface area contributed by atoms with Crippen LogP contribution in [-0.2, 0) is 21.2 Å². The summed E-state index contributed by atoms with van der Waals surface area (Å²) in [6, 6.07) is 9.14. The van der Waals surface area contributed by atoms with Gasteiger partial charge in [0.2, 0.25) is 5.91 Å². The van der Waals surface area contributed by atoms with Crippen molar-refractivity contribution in [2.45, 2.75) is 10.6 Å². The van der Waals surface area contributed by atoms with Crippen LogP contribution in [0.3, 0.4) is 0 Å². The number of thiophene rings is 1. The molecule has 1 aromatic heterocycles. The van der Waals surface area contributed by atoms with Crippen molar-refractivity contribution >= 4 is 33.0 Å². The van der Waals surface area contributed by atoms with Gasteiger partial charge in [-0.3, -0.25) is 14.9 Å². The smallest absolute Gasteiger partial charge is 0.269 e. The van der Waals surface area contributed by atoms with Crippen molar-refractivity contribution in [3.05, 3.63) is 57.5 Å². The summed E-state index contributed by atoms with van der Waals surface area (Å²) in [6.07, 6.45) is 0.135. The minimum absolute atomic E-state index is 0.0198. The Morgan fingerprint density at radius 1 is 1.12 bits per heavy atom. The van der Waals surface area contributed by atoms with Crippen LogP contribution < -0.4 is 0 Å². The number of nitro groups is 1. The van der Waals surface area contributed by atoms with E-state index in [9.17, 15) is 23.3 Å². The maximum Gasteiger partial charge on any atom is 0.269 e. The molecule has 26 heavy (non-hydrogen) atoms. The molecule has 0 atom stereocenters. The van der Waals surface area contributed by atoms with Crippen LogP contribution >= 0.6 is 11.3 Å². The summed E-state index contributed by atoms with van der Waals surface area (Å²) < 4.78 is 26.7. The van der Waals surface area contributed by atoms with E-state index < -0.39 is 14.9 Å². The fourth-order valence-corrected chi connectivity index (χ4v) is 5.30. The summed E-state index contributed by atoms with van der Waals surface area (Å²) in [4.78, 5) is 24.2. The van der Waals surface area contributed by atoms with Gasteiger partial charge >= 0.3 is 0 Å². The van der Waals surface area contributed by atoms with Gasteiger partial charge in [0.15, 0.2) is 0 Å². The van der Waals surface area contributed by atoms with E-state index in [1.807, 2.05) is 0 Å². The first-order valence-corrected chi connectivity index (χ1v) is 10.2. The molecule has 1 fully saturated rings. The van der Waals surface area contributed by atoms with Crippen LogP contribution in [0.25, 0.3) is 0 Å². The maximum absolute atomic E-state index is 12.5. The normalized spacial score (nSPS) is 15.8. The Bertz CT molecular complexity index is 886. The first-order chi connectivity index (χ1) is 12.4. The second-order valence-electron chi connectivity index (χ2n) is 5.82. The van der Waals surface area contributed by atoms with Crippen LogP contribution in [0.1, 0.15) is 5.56 Å². The molecule has 3 rings (SSSR count). The number of benzene rings is 1. The standard InChI is InChI=1S/C16H17N3O5S2/c20-15(12-13-3-5-14(6-4-13)19(21)22)17-7-9-18(10-8-17)26(23,24)16-2-1-11-25-16/h1-6,11H,7-10,12H2. The molecule has 0 unspecified atom stereocenters. The lowest BCUT2D eigenvalue weighted by Gasteiger charge is -2.33. The molecule has 0 N–H and O–H groups in total. The average Bonchev–Trinajstić information content (AvgIpc) is 3.18. The molecule has 1 saturated heterocycles. The second kappa shape index (κ2) is 7.52. The average molecular weight is 395 g/mol. The van der Waals surface area contributed by atoms with E-state index in [-0.39, 0.29) is 31.1 Å². The van der Waals surface area contributed by atoms with Crippen molar-refractivity contribution in [2.24, 2.45) is 0 Å². The lowest BCUT2D eigenvalue weighted by Crippen LogP contribution is -2.50. The molecule has 1 aliphatic heterocycles. The minimum atomic E-state index is -3.49. The summed E-state index contributed by atoms with van der Waals surface area (Å²) in [5, 5.41) is 12.4. The number of piperazine rings is 1.